The van der Waals surface area contributed by atoms with Crippen LogP contribution in [0.25, 0.3) is 0 Å². The van der Waals surface area contributed by atoms with Crippen molar-refractivity contribution in [3.8, 4) is 0 Å². The third kappa shape index (κ3) is 5.23. The molecule has 0 heterocycles. The molecule has 0 nitrogen and oxygen atoms in total. The van der Waals surface area contributed by atoms with Crippen molar-refractivity contribution in [2.24, 2.45) is 0 Å². The van der Waals surface area contributed by atoms with E-state index in [9.17, 15) is 0 Å². The Morgan fingerprint density at radius 2 is 1.04 bits per heavy atom. The number of hydrogen-bond donors (Lipinski definition) is 0. The Hall–Kier alpha value is -1.56. The van der Waals surface area contributed by atoms with Gasteiger partial charge >= 0.3 is 0 Å². The zero-order valence-corrected chi connectivity index (χ0v) is 14.9. The predicted molar refractivity (Wildman–Crippen MR) is 102 cm³/mol. The Kier molecular flexibility index (Phi) is 7.39. The molecule has 2 rings (SSSR count). The molecule has 2 aromatic carbocycles. The van der Waals surface area contributed by atoms with E-state index in [1.165, 1.54) is 62.5 Å². The van der Waals surface area contributed by atoms with E-state index in [-0.39, 0.29) is 5.41 Å². The third-order valence-electron chi connectivity index (χ3n) is 5.10. The lowest BCUT2D eigenvalue weighted by molar-refractivity contribution is 0.471. The van der Waals surface area contributed by atoms with Gasteiger partial charge in [0, 0.05) is 5.41 Å². The molecule has 0 aliphatic heterocycles. The van der Waals surface area contributed by atoms with Crippen LogP contribution >= 0.6 is 0 Å². The molecule has 0 aliphatic carbocycles. The normalized spacial score (nSPS) is 11.6. The quantitative estimate of drug-likeness (QED) is 0.409. The van der Waals surface area contributed by atoms with E-state index in [4.69, 9.17) is 0 Å². The van der Waals surface area contributed by atoms with Gasteiger partial charge in [-0.25, -0.2) is 0 Å². The minimum absolute atomic E-state index is 0.131. The molecule has 0 atom stereocenters. The summed E-state index contributed by atoms with van der Waals surface area (Å²) in [5, 5.41) is 0. The fourth-order valence-corrected chi connectivity index (χ4v) is 3.50. The molecule has 0 aliphatic rings. The second-order valence-corrected chi connectivity index (χ2v) is 6.94. The summed E-state index contributed by atoms with van der Waals surface area (Å²) < 4.78 is 0. The molecule has 0 radical (unpaired) electrons. The van der Waals surface area contributed by atoms with Crippen LogP contribution in [0.2, 0.25) is 0 Å². The summed E-state index contributed by atoms with van der Waals surface area (Å²) in [5.41, 5.74) is 3.01. The standard InChI is InChI=1S/C23H32/c1-3-4-5-6-7-8-15-20-23(2,21-16-11-9-12-17-21)22-18-13-10-14-19-22/h9-14,16-19H,3-8,15,20H2,1-2H3. The van der Waals surface area contributed by atoms with Gasteiger partial charge in [-0.1, -0.05) is 119 Å². The lowest BCUT2D eigenvalue weighted by Gasteiger charge is -2.31. The molecule has 2 aromatic rings. The molecule has 0 amide bonds. The van der Waals surface area contributed by atoms with Crippen molar-refractivity contribution in [3.05, 3.63) is 71.8 Å². The summed E-state index contributed by atoms with van der Waals surface area (Å²) in [6, 6.07) is 22.0. The van der Waals surface area contributed by atoms with Gasteiger partial charge in [0.15, 0.2) is 0 Å². The van der Waals surface area contributed by atoms with E-state index in [0.717, 1.165) is 0 Å². The number of benzene rings is 2. The Bertz CT molecular complexity index is 487. The summed E-state index contributed by atoms with van der Waals surface area (Å²) >= 11 is 0. The largest absolute Gasteiger partial charge is 0.0654 e. The highest BCUT2D eigenvalue weighted by Gasteiger charge is 2.27. The first-order valence-electron chi connectivity index (χ1n) is 9.38. The topological polar surface area (TPSA) is 0 Å². The summed E-state index contributed by atoms with van der Waals surface area (Å²) in [6.07, 6.45) is 10.8. The third-order valence-corrected chi connectivity index (χ3v) is 5.10. The second kappa shape index (κ2) is 9.55. The molecule has 0 unspecified atom stereocenters. The van der Waals surface area contributed by atoms with Gasteiger partial charge < -0.3 is 0 Å². The van der Waals surface area contributed by atoms with E-state index in [1.54, 1.807) is 0 Å². The minimum Gasteiger partial charge on any atom is -0.0654 e. The fourth-order valence-electron chi connectivity index (χ4n) is 3.50. The van der Waals surface area contributed by atoms with Gasteiger partial charge in [0.05, 0.1) is 0 Å². The van der Waals surface area contributed by atoms with Crippen LogP contribution in [0.1, 0.15) is 76.3 Å². The van der Waals surface area contributed by atoms with Crippen LogP contribution in [0, 0.1) is 0 Å². The van der Waals surface area contributed by atoms with Crippen molar-refractivity contribution in [2.45, 2.75) is 70.6 Å². The van der Waals surface area contributed by atoms with Crippen LogP contribution in [-0.2, 0) is 5.41 Å². The highest BCUT2D eigenvalue weighted by atomic mass is 14.3. The van der Waals surface area contributed by atoms with Gasteiger partial charge in [0.25, 0.3) is 0 Å². The molecule has 0 saturated heterocycles. The van der Waals surface area contributed by atoms with Crippen molar-refractivity contribution >= 4 is 0 Å². The van der Waals surface area contributed by atoms with E-state index in [1.807, 2.05) is 0 Å². The summed E-state index contributed by atoms with van der Waals surface area (Å²) in [7, 11) is 0. The monoisotopic (exact) mass is 308 g/mol. The molecule has 0 bridgehead atoms. The van der Waals surface area contributed by atoms with Gasteiger partial charge in [-0.2, -0.15) is 0 Å². The first-order valence-corrected chi connectivity index (χ1v) is 9.38. The maximum atomic E-state index is 2.41. The average molecular weight is 309 g/mol. The van der Waals surface area contributed by atoms with Crippen LogP contribution in [0.5, 0.6) is 0 Å². The molecular weight excluding hydrogens is 276 g/mol. The molecule has 23 heavy (non-hydrogen) atoms. The molecule has 0 heteroatoms. The highest BCUT2D eigenvalue weighted by Crippen LogP contribution is 2.36. The Labute approximate surface area is 143 Å². The van der Waals surface area contributed by atoms with Gasteiger partial charge in [0.2, 0.25) is 0 Å². The Morgan fingerprint density at radius 1 is 0.609 bits per heavy atom. The van der Waals surface area contributed by atoms with Crippen LogP contribution in [0.4, 0.5) is 0 Å². The molecule has 0 N–H and O–H groups in total. The van der Waals surface area contributed by atoms with Crippen LogP contribution in [0.3, 0.4) is 0 Å². The molecule has 0 spiro atoms. The van der Waals surface area contributed by atoms with Crippen LogP contribution in [-0.4, -0.2) is 0 Å². The van der Waals surface area contributed by atoms with E-state index >= 15 is 0 Å². The Balaban J connectivity index is 1.98. The van der Waals surface area contributed by atoms with Gasteiger partial charge in [-0.15, -0.1) is 0 Å². The van der Waals surface area contributed by atoms with E-state index < -0.39 is 0 Å². The molecular formula is C23H32. The predicted octanol–water partition coefficient (Wildman–Crippen LogP) is 7.13. The molecule has 0 aromatic heterocycles. The summed E-state index contributed by atoms with van der Waals surface area (Å²) in [4.78, 5) is 0. The van der Waals surface area contributed by atoms with Crippen molar-refractivity contribution < 1.29 is 0 Å². The minimum atomic E-state index is 0.131. The first-order chi connectivity index (χ1) is 11.3. The fraction of sp³-hybridized carbons (Fsp3) is 0.478. The van der Waals surface area contributed by atoms with Gasteiger partial charge in [-0.05, 0) is 17.5 Å². The maximum Gasteiger partial charge on any atom is 0.0174 e. The van der Waals surface area contributed by atoms with Crippen molar-refractivity contribution in [1.82, 2.24) is 0 Å². The Morgan fingerprint density at radius 3 is 1.52 bits per heavy atom. The summed E-state index contributed by atoms with van der Waals surface area (Å²) in [6.45, 7) is 4.69. The van der Waals surface area contributed by atoms with Crippen LogP contribution < -0.4 is 0 Å². The van der Waals surface area contributed by atoms with Crippen molar-refractivity contribution in [3.63, 3.8) is 0 Å². The van der Waals surface area contributed by atoms with Gasteiger partial charge in [0.1, 0.15) is 0 Å². The summed E-state index contributed by atoms with van der Waals surface area (Å²) in [5.74, 6) is 0. The van der Waals surface area contributed by atoms with E-state index in [0.29, 0.717) is 0 Å². The van der Waals surface area contributed by atoms with E-state index in [2.05, 4.69) is 74.5 Å². The number of hydrogen-bond acceptors (Lipinski definition) is 0. The van der Waals surface area contributed by atoms with Gasteiger partial charge in [-0.3, -0.25) is 0 Å². The highest BCUT2D eigenvalue weighted by molar-refractivity contribution is 5.38. The lowest BCUT2D eigenvalue weighted by Crippen LogP contribution is -2.23. The lowest BCUT2D eigenvalue weighted by atomic mass is 9.72. The average Bonchev–Trinajstić information content (AvgIpc) is 2.62. The first kappa shape index (κ1) is 17.8. The zero-order valence-electron chi connectivity index (χ0n) is 14.9. The smallest absolute Gasteiger partial charge is 0.0174 e. The number of rotatable bonds is 10. The second-order valence-electron chi connectivity index (χ2n) is 6.94. The van der Waals surface area contributed by atoms with Crippen molar-refractivity contribution in [2.75, 3.05) is 0 Å². The number of unbranched alkanes of at least 4 members (excludes halogenated alkanes) is 6. The molecule has 0 saturated carbocycles. The van der Waals surface area contributed by atoms with Crippen LogP contribution in [0.15, 0.2) is 60.7 Å². The molecule has 0 fully saturated rings. The molecule has 124 valence electrons. The maximum absolute atomic E-state index is 2.41. The van der Waals surface area contributed by atoms with Crippen molar-refractivity contribution in [1.29, 1.82) is 0 Å². The SMILES string of the molecule is CCCCCCCCCC(C)(c1ccccc1)c1ccccc1. The zero-order chi connectivity index (χ0) is 16.4.